The molecule has 0 heterocycles. The highest BCUT2D eigenvalue weighted by atomic mass is 127. The molecule has 0 bridgehead atoms. The van der Waals surface area contributed by atoms with E-state index in [2.05, 4.69) is 5.32 Å². The highest BCUT2D eigenvalue weighted by Gasteiger charge is 2.37. The standard InChI is InChI=1S/C13H13FINO3/c14-7-4-5-11(10(15)6-7)16-12(17)8-2-1-3-9(8)13(18)19/h4-6,8-9H,1-3H2,(H,16,17)(H,18,19). The van der Waals surface area contributed by atoms with E-state index in [0.717, 1.165) is 6.42 Å². The topological polar surface area (TPSA) is 66.4 Å². The predicted molar refractivity (Wildman–Crippen MR) is 76.2 cm³/mol. The summed E-state index contributed by atoms with van der Waals surface area (Å²) in [7, 11) is 0. The van der Waals surface area contributed by atoms with Crippen molar-refractivity contribution in [3.05, 3.63) is 27.6 Å². The first-order valence-corrected chi connectivity index (χ1v) is 7.05. The number of rotatable bonds is 3. The van der Waals surface area contributed by atoms with Gasteiger partial charge >= 0.3 is 5.97 Å². The summed E-state index contributed by atoms with van der Waals surface area (Å²) in [6.45, 7) is 0. The molecule has 2 N–H and O–H groups in total. The molecule has 2 atom stereocenters. The number of carboxylic acids is 1. The second-order valence-corrected chi connectivity index (χ2v) is 5.76. The fourth-order valence-electron chi connectivity index (χ4n) is 2.39. The predicted octanol–water partition coefficient (Wildman–Crippen LogP) is 2.87. The van der Waals surface area contributed by atoms with Gasteiger partial charge in [0.1, 0.15) is 5.82 Å². The Bertz CT molecular complexity index is 521. The molecule has 0 radical (unpaired) electrons. The van der Waals surface area contributed by atoms with E-state index in [0.29, 0.717) is 22.1 Å². The van der Waals surface area contributed by atoms with E-state index >= 15 is 0 Å². The molecule has 1 aromatic rings. The normalized spacial score (nSPS) is 22.2. The zero-order chi connectivity index (χ0) is 14.0. The van der Waals surface area contributed by atoms with Gasteiger partial charge in [0, 0.05) is 3.57 Å². The molecule has 6 heteroatoms. The quantitative estimate of drug-likeness (QED) is 0.797. The Balaban J connectivity index is 2.10. The molecule has 4 nitrogen and oxygen atoms in total. The molecular formula is C13H13FINO3. The maximum absolute atomic E-state index is 13.0. The van der Waals surface area contributed by atoms with Gasteiger partial charge in [0.2, 0.25) is 5.91 Å². The first-order chi connectivity index (χ1) is 8.99. The fourth-order valence-corrected chi connectivity index (χ4v) is 3.00. The molecule has 1 fully saturated rings. The van der Waals surface area contributed by atoms with Crippen LogP contribution < -0.4 is 5.32 Å². The van der Waals surface area contributed by atoms with Crippen LogP contribution in [0.15, 0.2) is 18.2 Å². The summed E-state index contributed by atoms with van der Waals surface area (Å²) in [5.74, 6) is -2.70. The van der Waals surface area contributed by atoms with E-state index in [4.69, 9.17) is 5.11 Å². The second-order valence-electron chi connectivity index (χ2n) is 4.60. The lowest BCUT2D eigenvalue weighted by molar-refractivity contribution is -0.145. The van der Waals surface area contributed by atoms with Gasteiger partial charge in [-0.3, -0.25) is 9.59 Å². The van der Waals surface area contributed by atoms with E-state index in [9.17, 15) is 14.0 Å². The summed E-state index contributed by atoms with van der Waals surface area (Å²) in [5.41, 5.74) is 0.517. The van der Waals surface area contributed by atoms with Crippen molar-refractivity contribution in [3.8, 4) is 0 Å². The number of carbonyl (C=O) groups excluding carboxylic acids is 1. The van der Waals surface area contributed by atoms with Crippen molar-refractivity contribution in [1.29, 1.82) is 0 Å². The number of nitrogens with one attached hydrogen (secondary N) is 1. The van der Waals surface area contributed by atoms with Crippen molar-refractivity contribution >= 4 is 40.2 Å². The van der Waals surface area contributed by atoms with Gasteiger partial charge in [-0.25, -0.2) is 4.39 Å². The SMILES string of the molecule is O=C(O)C1CCCC1C(=O)Nc1ccc(F)cc1I. The average Bonchev–Trinajstić information content (AvgIpc) is 2.82. The lowest BCUT2D eigenvalue weighted by atomic mass is 9.95. The number of amides is 1. The van der Waals surface area contributed by atoms with E-state index in [1.54, 1.807) is 0 Å². The average molecular weight is 377 g/mol. The third kappa shape index (κ3) is 3.23. The second kappa shape index (κ2) is 5.85. The molecule has 1 saturated carbocycles. The zero-order valence-corrected chi connectivity index (χ0v) is 12.2. The Hall–Kier alpha value is -1.18. The van der Waals surface area contributed by atoms with Crippen LogP contribution in [0.1, 0.15) is 19.3 Å². The molecule has 1 aromatic carbocycles. The van der Waals surface area contributed by atoms with E-state index in [-0.39, 0.29) is 11.7 Å². The maximum Gasteiger partial charge on any atom is 0.307 e. The Morgan fingerprint density at radius 2 is 2.00 bits per heavy atom. The molecule has 1 amide bonds. The van der Waals surface area contributed by atoms with Crippen molar-refractivity contribution in [2.45, 2.75) is 19.3 Å². The summed E-state index contributed by atoms with van der Waals surface area (Å²) >= 11 is 1.93. The van der Waals surface area contributed by atoms with Crippen LogP contribution in [0.2, 0.25) is 0 Å². The van der Waals surface area contributed by atoms with Crippen molar-refractivity contribution in [2.75, 3.05) is 5.32 Å². The number of anilines is 1. The number of hydrogen-bond donors (Lipinski definition) is 2. The smallest absolute Gasteiger partial charge is 0.307 e. The molecule has 0 aromatic heterocycles. The summed E-state index contributed by atoms with van der Waals surface area (Å²) in [6.07, 6.45) is 1.87. The highest BCUT2D eigenvalue weighted by Crippen LogP contribution is 2.33. The lowest BCUT2D eigenvalue weighted by Crippen LogP contribution is -2.30. The van der Waals surface area contributed by atoms with Crippen LogP contribution in [-0.4, -0.2) is 17.0 Å². The van der Waals surface area contributed by atoms with E-state index < -0.39 is 17.8 Å². The molecule has 0 spiro atoms. The monoisotopic (exact) mass is 377 g/mol. The van der Waals surface area contributed by atoms with Gasteiger partial charge in [-0.2, -0.15) is 0 Å². The number of benzene rings is 1. The van der Waals surface area contributed by atoms with Crippen molar-refractivity contribution < 1.29 is 19.1 Å². The number of carbonyl (C=O) groups is 2. The van der Waals surface area contributed by atoms with Crippen LogP contribution in [0.25, 0.3) is 0 Å². The summed E-state index contributed by atoms with van der Waals surface area (Å²) in [4.78, 5) is 23.1. The van der Waals surface area contributed by atoms with Crippen LogP contribution in [0.3, 0.4) is 0 Å². The third-order valence-corrected chi connectivity index (χ3v) is 4.25. The molecule has 1 aliphatic carbocycles. The van der Waals surface area contributed by atoms with Gasteiger partial charge in [0.25, 0.3) is 0 Å². The molecule has 1 aliphatic rings. The molecule has 0 aliphatic heterocycles. The Labute approximate surface area is 123 Å². The van der Waals surface area contributed by atoms with Crippen molar-refractivity contribution in [3.63, 3.8) is 0 Å². The van der Waals surface area contributed by atoms with Crippen LogP contribution in [0, 0.1) is 21.2 Å². The number of halogens is 2. The molecular weight excluding hydrogens is 364 g/mol. The first-order valence-electron chi connectivity index (χ1n) is 5.98. The number of hydrogen-bond acceptors (Lipinski definition) is 2. The van der Waals surface area contributed by atoms with Gasteiger partial charge in [0.05, 0.1) is 17.5 Å². The fraction of sp³-hybridized carbons (Fsp3) is 0.385. The van der Waals surface area contributed by atoms with Crippen molar-refractivity contribution in [1.82, 2.24) is 0 Å². The molecule has 102 valence electrons. The van der Waals surface area contributed by atoms with E-state index in [1.165, 1.54) is 18.2 Å². The van der Waals surface area contributed by atoms with Crippen LogP contribution >= 0.6 is 22.6 Å². The Morgan fingerprint density at radius 3 is 2.63 bits per heavy atom. The first kappa shape index (κ1) is 14.2. The molecule has 19 heavy (non-hydrogen) atoms. The minimum Gasteiger partial charge on any atom is -0.481 e. The number of carboxylic acid groups (broad SMARTS) is 1. The maximum atomic E-state index is 13.0. The summed E-state index contributed by atoms with van der Waals surface area (Å²) in [6, 6.07) is 4.07. The zero-order valence-electron chi connectivity index (χ0n) is 10.0. The minimum atomic E-state index is -0.925. The van der Waals surface area contributed by atoms with Gasteiger partial charge in [0.15, 0.2) is 0 Å². The van der Waals surface area contributed by atoms with Gasteiger partial charge < -0.3 is 10.4 Å². The van der Waals surface area contributed by atoms with Crippen LogP contribution in [0.4, 0.5) is 10.1 Å². The van der Waals surface area contributed by atoms with Gasteiger partial charge in [-0.05, 0) is 53.6 Å². The summed E-state index contributed by atoms with van der Waals surface area (Å²) in [5, 5.41) is 11.7. The molecule has 0 saturated heterocycles. The number of aliphatic carboxylic acids is 1. The van der Waals surface area contributed by atoms with E-state index in [1.807, 2.05) is 22.6 Å². The van der Waals surface area contributed by atoms with Gasteiger partial charge in [-0.15, -0.1) is 0 Å². The Morgan fingerprint density at radius 1 is 1.32 bits per heavy atom. The molecule has 2 unspecified atom stereocenters. The lowest BCUT2D eigenvalue weighted by Gasteiger charge is -2.16. The summed E-state index contributed by atoms with van der Waals surface area (Å²) < 4.78 is 13.6. The molecule has 2 rings (SSSR count). The third-order valence-electron chi connectivity index (χ3n) is 3.36. The largest absolute Gasteiger partial charge is 0.481 e. The highest BCUT2D eigenvalue weighted by molar-refractivity contribution is 14.1. The van der Waals surface area contributed by atoms with Crippen molar-refractivity contribution in [2.24, 2.45) is 11.8 Å². The Kier molecular flexibility index (Phi) is 4.38. The van der Waals surface area contributed by atoms with Crippen LogP contribution in [-0.2, 0) is 9.59 Å². The van der Waals surface area contributed by atoms with Gasteiger partial charge in [-0.1, -0.05) is 6.42 Å². The van der Waals surface area contributed by atoms with Crippen LogP contribution in [0.5, 0.6) is 0 Å². The minimum absolute atomic E-state index is 0.297.